The Morgan fingerprint density at radius 1 is 1.24 bits per heavy atom. The lowest BCUT2D eigenvalue weighted by Crippen LogP contribution is -2.31. The molecule has 1 fully saturated rings. The van der Waals surface area contributed by atoms with Gasteiger partial charge in [0.1, 0.15) is 0 Å². The van der Waals surface area contributed by atoms with Gasteiger partial charge in [0, 0.05) is 25.9 Å². The van der Waals surface area contributed by atoms with E-state index >= 15 is 0 Å². The smallest absolute Gasteiger partial charge is 0.257 e. The van der Waals surface area contributed by atoms with E-state index in [-0.39, 0.29) is 5.91 Å². The van der Waals surface area contributed by atoms with Crippen molar-refractivity contribution in [2.45, 2.75) is 38.5 Å². The molecule has 0 aromatic carbocycles. The summed E-state index contributed by atoms with van der Waals surface area (Å²) in [6.07, 6.45) is 5.68. The standard InChI is InChI=1S/C15H19N3O2S/c19-14(18-9-3-1-2-4-10-18)8-7-13-16-17-15(20-13)12-6-5-11-21-12/h5-6,11H,1-4,7-10H2. The lowest BCUT2D eigenvalue weighted by Gasteiger charge is -2.19. The highest BCUT2D eigenvalue weighted by molar-refractivity contribution is 7.13. The second-order valence-electron chi connectivity index (χ2n) is 5.27. The van der Waals surface area contributed by atoms with E-state index in [2.05, 4.69) is 10.2 Å². The normalized spacial score (nSPS) is 15.9. The van der Waals surface area contributed by atoms with Gasteiger partial charge in [0.15, 0.2) is 0 Å². The number of thiophene rings is 1. The maximum atomic E-state index is 12.2. The van der Waals surface area contributed by atoms with Crippen LogP contribution in [0.3, 0.4) is 0 Å². The molecule has 3 rings (SSSR count). The van der Waals surface area contributed by atoms with E-state index in [1.54, 1.807) is 11.3 Å². The molecule has 1 aliphatic heterocycles. The van der Waals surface area contributed by atoms with Gasteiger partial charge in [-0.3, -0.25) is 4.79 Å². The van der Waals surface area contributed by atoms with Crippen molar-refractivity contribution in [3.63, 3.8) is 0 Å². The molecule has 0 unspecified atom stereocenters. The van der Waals surface area contributed by atoms with Crippen molar-refractivity contribution in [2.24, 2.45) is 0 Å². The fourth-order valence-corrected chi connectivity index (χ4v) is 3.19. The van der Waals surface area contributed by atoms with Crippen LogP contribution in [0.1, 0.15) is 38.0 Å². The highest BCUT2D eigenvalue weighted by atomic mass is 32.1. The lowest BCUT2D eigenvalue weighted by atomic mass is 10.2. The summed E-state index contributed by atoms with van der Waals surface area (Å²) < 4.78 is 5.61. The molecule has 3 heterocycles. The van der Waals surface area contributed by atoms with Crippen molar-refractivity contribution in [3.05, 3.63) is 23.4 Å². The van der Waals surface area contributed by atoms with Gasteiger partial charge in [0.2, 0.25) is 11.8 Å². The third kappa shape index (κ3) is 3.69. The Morgan fingerprint density at radius 2 is 2.05 bits per heavy atom. The molecule has 1 saturated heterocycles. The zero-order valence-corrected chi connectivity index (χ0v) is 12.8. The molecular weight excluding hydrogens is 286 g/mol. The number of nitrogens with zero attached hydrogens (tertiary/aromatic N) is 3. The van der Waals surface area contributed by atoms with Gasteiger partial charge < -0.3 is 9.32 Å². The van der Waals surface area contributed by atoms with E-state index in [4.69, 9.17) is 4.42 Å². The Bertz CT molecular complexity index is 572. The van der Waals surface area contributed by atoms with E-state index in [1.807, 2.05) is 22.4 Å². The second kappa shape index (κ2) is 6.85. The van der Waals surface area contributed by atoms with Gasteiger partial charge >= 0.3 is 0 Å². The summed E-state index contributed by atoms with van der Waals surface area (Å²) in [7, 11) is 0. The number of hydrogen-bond acceptors (Lipinski definition) is 5. The van der Waals surface area contributed by atoms with Crippen molar-refractivity contribution in [1.82, 2.24) is 15.1 Å². The fraction of sp³-hybridized carbons (Fsp3) is 0.533. The second-order valence-corrected chi connectivity index (χ2v) is 6.22. The van der Waals surface area contributed by atoms with Crippen molar-refractivity contribution in [2.75, 3.05) is 13.1 Å². The molecule has 21 heavy (non-hydrogen) atoms. The number of aromatic nitrogens is 2. The minimum atomic E-state index is 0.202. The zero-order valence-electron chi connectivity index (χ0n) is 12.0. The number of amides is 1. The van der Waals surface area contributed by atoms with Crippen LogP contribution in [-0.4, -0.2) is 34.1 Å². The molecule has 0 radical (unpaired) electrons. The molecule has 0 atom stereocenters. The molecule has 1 amide bonds. The third-order valence-corrected chi connectivity index (χ3v) is 4.57. The van der Waals surface area contributed by atoms with Crippen LogP contribution in [-0.2, 0) is 11.2 Å². The van der Waals surface area contributed by atoms with Gasteiger partial charge in [-0.1, -0.05) is 18.9 Å². The Kier molecular flexibility index (Phi) is 4.65. The summed E-state index contributed by atoms with van der Waals surface area (Å²) in [6.45, 7) is 1.78. The topological polar surface area (TPSA) is 59.2 Å². The fourth-order valence-electron chi connectivity index (χ4n) is 2.55. The first-order valence-electron chi connectivity index (χ1n) is 7.47. The average molecular weight is 305 g/mol. The molecule has 0 N–H and O–H groups in total. The first-order valence-corrected chi connectivity index (χ1v) is 8.35. The third-order valence-electron chi connectivity index (χ3n) is 3.71. The molecule has 0 spiro atoms. The Labute approximate surface area is 128 Å². The van der Waals surface area contributed by atoms with Crippen molar-refractivity contribution in [1.29, 1.82) is 0 Å². The quantitative estimate of drug-likeness (QED) is 0.870. The molecule has 2 aromatic heterocycles. The van der Waals surface area contributed by atoms with Crippen LogP contribution in [0, 0.1) is 0 Å². The van der Waals surface area contributed by atoms with Crippen molar-refractivity contribution >= 4 is 17.2 Å². The minimum Gasteiger partial charge on any atom is -0.420 e. The average Bonchev–Trinajstić information content (AvgIpc) is 3.11. The van der Waals surface area contributed by atoms with Gasteiger partial charge in [-0.2, -0.15) is 0 Å². The van der Waals surface area contributed by atoms with Gasteiger partial charge in [-0.15, -0.1) is 21.5 Å². The first kappa shape index (κ1) is 14.3. The van der Waals surface area contributed by atoms with Gasteiger partial charge in [0.05, 0.1) is 4.88 Å². The van der Waals surface area contributed by atoms with Crippen LogP contribution in [0.25, 0.3) is 10.8 Å². The van der Waals surface area contributed by atoms with E-state index in [9.17, 15) is 4.79 Å². The van der Waals surface area contributed by atoms with Crippen molar-refractivity contribution in [3.8, 4) is 10.8 Å². The van der Waals surface area contributed by atoms with Crippen LogP contribution < -0.4 is 0 Å². The molecule has 2 aromatic rings. The van der Waals surface area contributed by atoms with Crippen LogP contribution in [0.15, 0.2) is 21.9 Å². The summed E-state index contributed by atoms with van der Waals surface area (Å²) in [5.74, 6) is 1.29. The molecule has 1 aliphatic rings. The highest BCUT2D eigenvalue weighted by Crippen LogP contribution is 2.23. The monoisotopic (exact) mass is 305 g/mol. The molecule has 0 saturated carbocycles. The summed E-state index contributed by atoms with van der Waals surface area (Å²) in [5.41, 5.74) is 0. The molecule has 5 nitrogen and oxygen atoms in total. The maximum Gasteiger partial charge on any atom is 0.257 e. The minimum absolute atomic E-state index is 0.202. The van der Waals surface area contributed by atoms with Gasteiger partial charge in [0.25, 0.3) is 5.89 Å². The molecule has 112 valence electrons. The predicted molar refractivity (Wildman–Crippen MR) is 81.0 cm³/mol. The molecule has 6 heteroatoms. The zero-order chi connectivity index (χ0) is 14.5. The number of carbonyl (C=O) groups is 1. The molecule has 0 aliphatic carbocycles. The lowest BCUT2D eigenvalue weighted by molar-refractivity contribution is -0.131. The van der Waals surface area contributed by atoms with Crippen LogP contribution >= 0.6 is 11.3 Å². The predicted octanol–water partition coefficient (Wildman–Crippen LogP) is 3.13. The summed E-state index contributed by atoms with van der Waals surface area (Å²) in [6, 6.07) is 3.90. The Balaban J connectivity index is 1.54. The van der Waals surface area contributed by atoms with E-state index in [0.29, 0.717) is 24.6 Å². The van der Waals surface area contributed by atoms with Gasteiger partial charge in [-0.25, -0.2) is 0 Å². The van der Waals surface area contributed by atoms with E-state index in [1.165, 1.54) is 12.8 Å². The van der Waals surface area contributed by atoms with Gasteiger partial charge in [-0.05, 0) is 24.3 Å². The van der Waals surface area contributed by atoms with E-state index in [0.717, 1.165) is 30.8 Å². The van der Waals surface area contributed by atoms with Crippen LogP contribution in [0.5, 0.6) is 0 Å². The number of carbonyl (C=O) groups excluding carboxylic acids is 1. The number of rotatable bonds is 4. The Hall–Kier alpha value is -1.69. The number of likely N-dealkylation sites (tertiary alicyclic amines) is 1. The van der Waals surface area contributed by atoms with E-state index < -0.39 is 0 Å². The highest BCUT2D eigenvalue weighted by Gasteiger charge is 2.17. The van der Waals surface area contributed by atoms with Crippen molar-refractivity contribution < 1.29 is 9.21 Å². The summed E-state index contributed by atoms with van der Waals surface area (Å²) >= 11 is 1.57. The first-order chi connectivity index (χ1) is 10.3. The maximum absolute atomic E-state index is 12.2. The summed E-state index contributed by atoms with van der Waals surface area (Å²) in [5, 5.41) is 10.0. The molecule has 0 bridgehead atoms. The number of hydrogen-bond donors (Lipinski definition) is 0. The van der Waals surface area contributed by atoms with Crippen LogP contribution in [0.2, 0.25) is 0 Å². The molecular formula is C15H19N3O2S. The Morgan fingerprint density at radius 3 is 2.76 bits per heavy atom. The number of aryl methyl sites for hydroxylation is 1. The largest absolute Gasteiger partial charge is 0.420 e. The van der Waals surface area contributed by atoms with Crippen LogP contribution in [0.4, 0.5) is 0 Å². The summed E-state index contributed by atoms with van der Waals surface area (Å²) in [4.78, 5) is 15.1. The SMILES string of the molecule is O=C(CCc1nnc(-c2cccs2)o1)N1CCCCCC1.